The molecule has 0 saturated heterocycles. The first-order valence-electron chi connectivity index (χ1n) is 5.31. The number of aromatic nitrogens is 1. The molecule has 0 radical (unpaired) electrons. The van der Waals surface area contributed by atoms with Crippen LogP contribution in [-0.2, 0) is 19.6 Å². The van der Waals surface area contributed by atoms with E-state index in [1.165, 1.54) is 6.07 Å². The first kappa shape index (κ1) is 16.0. The Labute approximate surface area is 113 Å². The molecule has 10 heteroatoms. The molecule has 0 aliphatic carbocycles. The number of nitrogens with one attached hydrogen (secondary N) is 1. The number of carbonyl (C=O) groups is 2. The van der Waals surface area contributed by atoms with E-state index < -0.39 is 51.7 Å². The van der Waals surface area contributed by atoms with Gasteiger partial charge in [0, 0.05) is 12.6 Å². The third-order valence-electron chi connectivity index (χ3n) is 2.22. The molecule has 1 aromatic heterocycles. The van der Waals surface area contributed by atoms with E-state index in [-0.39, 0.29) is 0 Å². The van der Waals surface area contributed by atoms with Gasteiger partial charge in [-0.05, 0) is 18.6 Å². The maximum atomic E-state index is 13.3. The zero-order valence-corrected chi connectivity index (χ0v) is 10.8. The van der Waals surface area contributed by atoms with E-state index in [1.54, 1.807) is 4.72 Å². The number of aliphatic carboxylic acids is 2. The highest BCUT2D eigenvalue weighted by Gasteiger charge is 2.28. The summed E-state index contributed by atoms with van der Waals surface area (Å²) in [5.41, 5.74) is 0. The highest BCUT2D eigenvalue weighted by Crippen LogP contribution is 2.11. The second-order valence-electron chi connectivity index (χ2n) is 3.73. The Bertz CT molecular complexity index is 618. The minimum absolute atomic E-state index is 0.474. The quantitative estimate of drug-likeness (QED) is 0.636. The number of carboxylic acids is 2. The van der Waals surface area contributed by atoms with Crippen LogP contribution in [0.1, 0.15) is 12.8 Å². The molecule has 1 aromatic rings. The molecule has 0 aliphatic heterocycles. The summed E-state index contributed by atoms with van der Waals surface area (Å²) in [6, 6.07) is 0.347. The van der Waals surface area contributed by atoms with E-state index in [0.717, 1.165) is 12.3 Å². The molecular weight excluding hydrogens is 295 g/mol. The van der Waals surface area contributed by atoms with Crippen molar-refractivity contribution < 1.29 is 32.6 Å². The third kappa shape index (κ3) is 4.24. The standard InChI is InChI=1S/C10H11FN2O6S/c11-6-2-1-5-12-9(6)20(18,19)13-7(10(16)17)3-4-8(14)15/h1-2,5,7,13H,3-4H2,(H,14,15)(H,16,17). The van der Waals surface area contributed by atoms with Gasteiger partial charge in [0.25, 0.3) is 10.0 Å². The SMILES string of the molecule is O=C(O)CCC(NS(=O)(=O)c1ncccc1F)C(=O)O. The molecule has 0 aromatic carbocycles. The van der Waals surface area contributed by atoms with Gasteiger partial charge in [0.1, 0.15) is 6.04 Å². The van der Waals surface area contributed by atoms with E-state index in [2.05, 4.69) is 4.98 Å². The van der Waals surface area contributed by atoms with Crippen molar-refractivity contribution in [2.75, 3.05) is 0 Å². The lowest BCUT2D eigenvalue weighted by Gasteiger charge is -2.13. The molecular formula is C10H11FN2O6S. The number of rotatable bonds is 7. The smallest absolute Gasteiger partial charge is 0.321 e. The van der Waals surface area contributed by atoms with Crippen LogP contribution in [0, 0.1) is 5.82 Å². The Balaban J connectivity index is 2.95. The highest BCUT2D eigenvalue weighted by molar-refractivity contribution is 7.89. The van der Waals surface area contributed by atoms with Gasteiger partial charge in [-0.15, -0.1) is 0 Å². The zero-order chi connectivity index (χ0) is 15.3. The molecule has 0 amide bonds. The van der Waals surface area contributed by atoms with E-state index >= 15 is 0 Å². The van der Waals surface area contributed by atoms with Gasteiger partial charge in [0.15, 0.2) is 5.82 Å². The van der Waals surface area contributed by atoms with E-state index in [0.29, 0.717) is 0 Å². The number of pyridine rings is 1. The van der Waals surface area contributed by atoms with Gasteiger partial charge in [0.2, 0.25) is 5.03 Å². The van der Waals surface area contributed by atoms with Crippen LogP contribution in [-0.4, -0.2) is 41.6 Å². The van der Waals surface area contributed by atoms with Crippen LogP contribution < -0.4 is 4.72 Å². The summed E-state index contributed by atoms with van der Waals surface area (Å²) in [5.74, 6) is -3.98. The van der Waals surface area contributed by atoms with Gasteiger partial charge in [-0.3, -0.25) is 9.59 Å². The number of carboxylic acid groups (broad SMARTS) is 2. The number of hydrogen-bond donors (Lipinski definition) is 3. The van der Waals surface area contributed by atoms with Crippen LogP contribution in [0.3, 0.4) is 0 Å². The van der Waals surface area contributed by atoms with Crippen LogP contribution in [0.4, 0.5) is 4.39 Å². The van der Waals surface area contributed by atoms with Crippen molar-refractivity contribution in [2.24, 2.45) is 0 Å². The van der Waals surface area contributed by atoms with Gasteiger partial charge in [-0.2, -0.15) is 4.72 Å². The molecule has 1 heterocycles. The predicted molar refractivity (Wildman–Crippen MR) is 62.8 cm³/mol. The normalized spacial score (nSPS) is 12.8. The van der Waals surface area contributed by atoms with Crippen molar-refractivity contribution in [1.82, 2.24) is 9.71 Å². The lowest BCUT2D eigenvalue weighted by atomic mass is 10.2. The number of nitrogens with zero attached hydrogens (tertiary/aromatic N) is 1. The van der Waals surface area contributed by atoms with Crippen molar-refractivity contribution in [3.63, 3.8) is 0 Å². The van der Waals surface area contributed by atoms with Crippen molar-refractivity contribution in [3.05, 3.63) is 24.1 Å². The lowest BCUT2D eigenvalue weighted by Crippen LogP contribution is -2.41. The number of halogens is 1. The Morgan fingerprint density at radius 2 is 2.05 bits per heavy atom. The number of hydrogen-bond acceptors (Lipinski definition) is 5. The van der Waals surface area contributed by atoms with Gasteiger partial charge < -0.3 is 10.2 Å². The van der Waals surface area contributed by atoms with E-state index in [1.807, 2.05) is 0 Å². The summed E-state index contributed by atoms with van der Waals surface area (Å²) in [4.78, 5) is 24.6. The molecule has 0 fully saturated rings. The molecule has 0 saturated carbocycles. The Kier molecular flexibility index (Phi) is 5.11. The molecule has 0 bridgehead atoms. The summed E-state index contributed by atoms with van der Waals surface area (Å²) < 4.78 is 38.6. The third-order valence-corrected chi connectivity index (χ3v) is 3.63. The van der Waals surface area contributed by atoms with Crippen LogP contribution in [0.5, 0.6) is 0 Å². The van der Waals surface area contributed by atoms with Gasteiger partial charge in [-0.1, -0.05) is 0 Å². The second kappa shape index (κ2) is 6.39. The van der Waals surface area contributed by atoms with E-state index in [4.69, 9.17) is 10.2 Å². The predicted octanol–water partition coefficient (Wildman–Crippen LogP) is -0.183. The molecule has 0 aliphatic rings. The molecule has 1 rings (SSSR count). The minimum Gasteiger partial charge on any atom is -0.481 e. The summed E-state index contributed by atoms with van der Waals surface area (Å²) >= 11 is 0. The fourth-order valence-electron chi connectivity index (χ4n) is 1.31. The topological polar surface area (TPSA) is 134 Å². The Hall–Kier alpha value is -2.07. The Morgan fingerprint density at radius 3 is 2.55 bits per heavy atom. The van der Waals surface area contributed by atoms with Crippen molar-refractivity contribution in [1.29, 1.82) is 0 Å². The summed E-state index contributed by atoms with van der Waals surface area (Å²) in [6.07, 6.45) is 0.00715. The molecule has 20 heavy (non-hydrogen) atoms. The summed E-state index contributed by atoms with van der Waals surface area (Å²) in [7, 11) is -4.49. The number of sulfonamides is 1. The maximum Gasteiger partial charge on any atom is 0.321 e. The lowest BCUT2D eigenvalue weighted by molar-refractivity contribution is -0.140. The van der Waals surface area contributed by atoms with Gasteiger partial charge in [-0.25, -0.2) is 17.8 Å². The molecule has 1 unspecified atom stereocenters. The summed E-state index contributed by atoms with van der Waals surface area (Å²) in [5, 5.41) is 16.3. The van der Waals surface area contributed by atoms with Crippen LogP contribution in [0.25, 0.3) is 0 Å². The van der Waals surface area contributed by atoms with Crippen molar-refractivity contribution >= 4 is 22.0 Å². The molecule has 0 spiro atoms. The molecule has 110 valence electrons. The van der Waals surface area contributed by atoms with Gasteiger partial charge >= 0.3 is 11.9 Å². The highest BCUT2D eigenvalue weighted by atomic mass is 32.2. The van der Waals surface area contributed by atoms with Gasteiger partial charge in [0.05, 0.1) is 0 Å². The first-order chi connectivity index (χ1) is 9.24. The average Bonchev–Trinajstić information content (AvgIpc) is 2.34. The fourth-order valence-corrected chi connectivity index (χ4v) is 2.54. The van der Waals surface area contributed by atoms with Crippen LogP contribution in [0.2, 0.25) is 0 Å². The van der Waals surface area contributed by atoms with Crippen LogP contribution >= 0.6 is 0 Å². The van der Waals surface area contributed by atoms with Crippen LogP contribution in [0.15, 0.2) is 23.4 Å². The van der Waals surface area contributed by atoms with Crippen molar-refractivity contribution in [2.45, 2.75) is 23.9 Å². The molecule has 8 nitrogen and oxygen atoms in total. The zero-order valence-electron chi connectivity index (χ0n) is 9.98. The monoisotopic (exact) mass is 306 g/mol. The minimum atomic E-state index is -4.49. The molecule has 3 N–H and O–H groups in total. The Morgan fingerprint density at radius 1 is 1.40 bits per heavy atom. The average molecular weight is 306 g/mol. The first-order valence-corrected chi connectivity index (χ1v) is 6.80. The largest absolute Gasteiger partial charge is 0.481 e. The second-order valence-corrected chi connectivity index (χ2v) is 5.36. The van der Waals surface area contributed by atoms with E-state index in [9.17, 15) is 22.4 Å². The fraction of sp³-hybridized carbons (Fsp3) is 0.300. The summed E-state index contributed by atoms with van der Waals surface area (Å²) in [6.45, 7) is 0. The molecule has 1 atom stereocenters. The van der Waals surface area contributed by atoms with Crippen molar-refractivity contribution in [3.8, 4) is 0 Å². The maximum absolute atomic E-state index is 13.3.